The summed E-state index contributed by atoms with van der Waals surface area (Å²) >= 11 is 0. The fourth-order valence-corrected chi connectivity index (χ4v) is 2.10. The molecule has 0 saturated heterocycles. The van der Waals surface area contributed by atoms with Crippen LogP contribution in [0.1, 0.15) is 30.9 Å². The summed E-state index contributed by atoms with van der Waals surface area (Å²) in [5.41, 5.74) is 5.47. The lowest BCUT2D eigenvalue weighted by Crippen LogP contribution is -2.39. The Morgan fingerprint density at radius 1 is 1.38 bits per heavy atom. The van der Waals surface area contributed by atoms with Crippen LogP contribution in [0.5, 0.6) is 0 Å². The van der Waals surface area contributed by atoms with Crippen LogP contribution in [0.2, 0.25) is 0 Å². The first-order chi connectivity index (χ1) is 7.59. The molecule has 0 bridgehead atoms. The number of halogens is 2. The molecule has 1 aliphatic rings. The van der Waals surface area contributed by atoms with E-state index in [1.165, 1.54) is 12.1 Å². The van der Waals surface area contributed by atoms with Gasteiger partial charge in [0, 0.05) is 11.6 Å². The molecule has 0 radical (unpaired) electrons. The molecule has 0 aliphatic heterocycles. The minimum atomic E-state index is -0.674. The third-order valence-corrected chi connectivity index (χ3v) is 3.36. The molecule has 2 N–H and O–H groups in total. The van der Waals surface area contributed by atoms with E-state index in [0.717, 1.165) is 12.5 Å². The molecule has 1 aliphatic carbocycles. The number of nitriles is 1. The molecule has 16 heavy (non-hydrogen) atoms. The Balaban J connectivity index is 2.34. The zero-order chi connectivity index (χ0) is 11.8. The van der Waals surface area contributed by atoms with E-state index in [4.69, 9.17) is 11.0 Å². The van der Waals surface area contributed by atoms with Crippen LogP contribution in [0.4, 0.5) is 8.78 Å². The maximum Gasteiger partial charge on any atom is 0.130 e. The molecule has 4 heteroatoms. The van der Waals surface area contributed by atoms with E-state index in [-0.39, 0.29) is 5.56 Å². The highest BCUT2D eigenvalue weighted by Gasteiger charge is 2.44. The fraction of sp³-hybridized carbons (Fsp3) is 0.417. The van der Waals surface area contributed by atoms with Crippen molar-refractivity contribution in [1.29, 1.82) is 5.26 Å². The number of rotatable bonds is 2. The monoisotopic (exact) mass is 222 g/mol. The zero-order valence-corrected chi connectivity index (χ0v) is 8.71. The summed E-state index contributed by atoms with van der Waals surface area (Å²) in [6.45, 7) is 0. The maximum absolute atomic E-state index is 13.5. The summed E-state index contributed by atoms with van der Waals surface area (Å²) in [5, 5.41) is 9.09. The lowest BCUT2D eigenvalue weighted by atomic mass is 9.63. The van der Waals surface area contributed by atoms with Crippen LogP contribution in [0.15, 0.2) is 18.2 Å². The number of hydrogen-bond donors (Lipinski definition) is 1. The van der Waals surface area contributed by atoms with E-state index in [1.54, 1.807) is 0 Å². The lowest BCUT2D eigenvalue weighted by molar-refractivity contribution is 0.166. The van der Waals surface area contributed by atoms with Crippen LogP contribution in [0.3, 0.4) is 0 Å². The van der Waals surface area contributed by atoms with Gasteiger partial charge in [-0.25, -0.2) is 8.78 Å². The van der Waals surface area contributed by atoms with Gasteiger partial charge in [0.25, 0.3) is 0 Å². The van der Waals surface area contributed by atoms with E-state index in [0.29, 0.717) is 12.8 Å². The van der Waals surface area contributed by atoms with Gasteiger partial charge in [0.2, 0.25) is 0 Å². The van der Waals surface area contributed by atoms with Crippen molar-refractivity contribution in [1.82, 2.24) is 0 Å². The molecule has 1 atom stereocenters. The molecule has 2 nitrogen and oxygen atoms in total. The van der Waals surface area contributed by atoms with E-state index in [9.17, 15) is 8.78 Å². The summed E-state index contributed by atoms with van der Waals surface area (Å²) < 4.78 is 26.2. The van der Waals surface area contributed by atoms with E-state index in [2.05, 4.69) is 6.07 Å². The van der Waals surface area contributed by atoms with E-state index < -0.39 is 23.1 Å². The number of nitrogens with zero attached hydrogens (tertiary/aromatic N) is 1. The second-order valence-corrected chi connectivity index (χ2v) is 4.27. The fourth-order valence-electron chi connectivity index (χ4n) is 2.10. The number of benzene rings is 1. The molecule has 0 heterocycles. The normalized spacial score (nSPS) is 19.6. The Labute approximate surface area is 92.7 Å². The van der Waals surface area contributed by atoms with Gasteiger partial charge < -0.3 is 5.73 Å². The van der Waals surface area contributed by atoms with Crippen molar-refractivity contribution < 1.29 is 8.78 Å². The standard InChI is InChI=1S/C12H12F2N2/c13-8-2-3-9(10(14)6-8)11(16)12(7-15)4-1-5-12/h2-3,6,11H,1,4-5,16H2. The predicted octanol–water partition coefficient (Wildman–Crippen LogP) is 2.66. The number of nitrogens with two attached hydrogens (primary N) is 1. The van der Waals surface area contributed by atoms with Crippen molar-refractivity contribution in [2.45, 2.75) is 25.3 Å². The molecule has 1 saturated carbocycles. The Kier molecular flexibility index (Phi) is 2.64. The maximum atomic E-state index is 13.5. The van der Waals surface area contributed by atoms with Gasteiger partial charge in [0.1, 0.15) is 11.6 Å². The topological polar surface area (TPSA) is 49.8 Å². The van der Waals surface area contributed by atoms with Crippen LogP contribution in [-0.2, 0) is 0 Å². The molecule has 1 fully saturated rings. The molecule has 0 amide bonds. The van der Waals surface area contributed by atoms with Crippen molar-refractivity contribution in [3.8, 4) is 6.07 Å². The lowest BCUT2D eigenvalue weighted by Gasteiger charge is -2.40. The zero-order valence-electron chi connectivity index (χ0n) is 8.71. The van der Waals surface area contributed by atoms with Crippen molar-refractivity contribution >= 4 is 0 Å². The Morgan fingerprint density at radius 2 is 2.06 bits per heavy atom. The van der Waals surface area contributed by atoms with Gasteiger partial charge in [-0.2, -0.15) is 5.26 Å². The van der Waals surface area contributed by atoms with Crippen molar-refractivity contribution in [3.05, 3.63) is 35.4 Å². The molecule has 1 aromatic rings. The van der Waals surface area contributed by atoms with Crippen LogP contribution >= 0.6 is 0 Å². The van der Waals surface area contributed by atoms with Gasteiger partial charge in [-0.05, 0) is 18.9 Å². The molecular formula is C12H12F2N2. The van der Waals surface area contributed by atoms with Gasteiger partial charge in [0.05, 0.1) is 17.5 Å². The van der Waals surface area contributed by atoms with Crippen molar-refractivity contribution in [2.75, 3.05) is 0 Å². The smallest absolute Gasteiger partial charge is 0.130 e. The van der Waals surface area contributed by atoms with Gasteiger partial charge in [-0.3, -0.25) is 0 Å². The van der Waals surface area contributed by atoms with Crippen LogP contribution in [-0.4, -0.2) is 0 Å². The second kappa shape index (κ2) is 3.84. The summed E-state index contributed by atoms with van der Waals surface area (Å²) in [7, 11) is 0. The van der Waals surface area contributed by atoms with Gasteiger partial charge in [-0.15, -0.1) is 0 Å². The second-order valence-electron chi connectivity index (χ2n) is 4.27. The summed E-state index contributed by atoms with van der Waals surface area (Å²) in [6, 6.07) is 4.79. The molecule has 1 aromatic carbocycles. The van der Waals surface area contributed by atoms with Crippen LogP contribution < -0.4 is 5.73 Å². The van der Waals surface area contributed by atoms with Gasteiger partial charge >= 0.3 is 0 Å². The highest BCUT2D eigenvalue weighted by Crippen LogP contribution is 2.48. The third-order valence-electron chi connectivity index (χ3n) is 3.36. The quantitative estimate of drug-likeness (QED) is 0.836. The van der Waals surface area contributed by atoms with E-state index in [1.807, 2.05) is 0 Å². The number of hydrogen-bond acceptors (Lipinski definition) is 2. The Hall–Kier alpha value is -1.47. The molecule has 2 rings (SSSR count). The summed E-state index contributed by atoms with van der Waals surface area (Å²) in [4.78, 5) is 0. The van der Waals surface area contributed by atoms with Crippen molar-refractivity contribution in [3.63, 3.8) is 0 Å². The van der Waals surface area contributed by atoms with Gasteiger partial charge in [0.15, 0.2) is 0 Å². The first kappa shape index (κ1) is 11.0. The first-order valence-corrected chi connectivity index (χ1v) is 5.21. The Bertz CT molecular complexity index is 447. The van der Waals surface area contributed by atoms with E-state index >= 15 is 0 Å². The largest absolute Gasteiger partial charge is 0.323 e. The summed E-state index contributed by atoms with van der Waals surface area (Å²) in [6.07, 6.45) is 2.30. The predicted molar refractivity (Wildman–Crippen MR) is 55.2 cm³/mol. The average Bonchev–Trinajstić information content (AvgIpc) is 2.16. The minimum Gasteiger partial charge on any atom is -0.323 e. The van der Waals surface area contributed by atoms with Crippen molar-refractivity contribution in [2.24, 2.45) is 11.1 Å². The molecule has 84 valence electrons. The van der Waals surface area contributed by atoms with Gasteiger partial charge in [-0.1, -0.05) is 12.5 Å². The molecule has 0 spiro atoms. The SMILES string of the molecule is N#CC1(C(N)c2ccc(F)cc2F)CCC1. The molecular weight excluding hydrogens is 210 g/mol. The first-order valence-electron chi connectivity index (χ1n) is 5.21. The summed E-state index contributed by atoms with van der Waals surface area (Å²) in [5.74, 6) is -1.30. The van der Waals surface area contributed by atoms with Crippen LogP contribution in [0, 0.1) is 28.4 Å². The Morgan fingerprint density at radius 3 is 2.50 bits per heavy atom. The highest BCUT2D eigenvalue weighted by atomic mass is 19.1. The highest BCUT2D eigenvalue weighted by molar-refractivity contribution is 5.28. The molecule has 1 unspecified atom stereocenters. The molecule has 0 aromatic heterocycles. The minimum absolute atomic E-state index is 0.225. The van der Waals surface area contributed by atoms with Crippen LogP contribution in [0.25, 0.3) is 0 Å². The third kappa shape index (κ3) is 1.57. The average molecular weight is 222 g/mol.